The van der Waals surface area contributed by atoms with Gasteiger partial charge in [-0.05, 0) is 43.9 Å². The average Bonchev–Trinajstić information content (AvgIpc) is 3.22. The quantitative estimate of drug-likeness (QED) is 0.771. The standard InChI is InChI=1S/C15H23N5O2/c21-7-11-9-3-4-10(6-9)13(11)19-15(22)18-12-2-1-5-20-14(12)16-8-17-20/h8-13,21H,1-7H2,(H2,18,19,22). The second-order valence-electron chi connectivity index (χ2n) is 6.86. The molecular weight excluding hydrogens is 282 g/mol. The van der Waals surface area contributed by atoms with Crippen molar-refractivity contribution in [2.24, 2.45) is 17.8 Å². The van der Waals surface area contributed by atoms with E-state index in [1.807, 2.05) is 4.68 Å². The summed E-state index contributed by atoms with van der Waals surface area (Å²) in [6, 6.07) is -0.0925. The Balaban J connectivity index is 1.40. The van der Waals surface area contributed by atoms with Gasteiger partial charge in [0.1, 0.15) is 12.2 Å². The molecule has 1 aliphatic heterocycles. The first-order valence-electron chi connectivity index (χ1n) is 8.32. The number of hydrogen-bond acceptors (Lipinski definition) is 4. The molecule has 0 spiro atoms. The Labute approximate surface area is 129 Å². The van der Waals surface area contributed by atoms with E-state index in [1.165, 1.54) is 12.8 Å². The molecule has 2 saturated carbocycles. The summed E-state index contributed by atoms with van der Waals surface area (Å²) in [5, 5.41) is 19.9. The Morgan fingerprint density at radius 3 is 3.05 bits per heavy atom. The fraction of sp³-hybridized carbons (Fsp3) is 0.800. The van der Waals surface area contributed by atoms with Crippen molar-refractivity contribution < 1.29 is 9.90 Å². The zero-order valence-electron chi connectivity index (χ0n) is 12.6. The maximum atomic E-state index is 12.4. The molecule has 5 atom stereocenters. The van der Waals surface area contributed by atoms with Crippen LogP contribution in [0.1, 0.15) is 44.0 Å². The summed E-state index contributed by atoms with van der Waals surface area (Å²) in [7, 11) is 0. The van der Waals surface area contributed by atoms with E-state index in [-0.39, 0.29) is 30.6 Å². The van der Waals surface area contributed by atoms with Gasteiger partial charge in [-0.3, -0.25) is 0 Å². The number of amides is 2. The monoisotopic (exact) mass is 305 g/mol. The van der Waals surface area contributed by atoms with Crippen molar-refractivity contribution in [3.63, 3.8) is 0 Å². The molecule has 2 fully saturated rings. The smallest absolute Gasteiger partial charge is 0.315 e. The molecule has 1 aromatic heterocycles. The molecule has 0 saturated heterocycles. The number of rotatable bonds is 3. The summed E-state index contributed by atoms with van der Waals surface area (Å²) in [5.41, 5.74) is 0. The van der Waals surface area contributed by atoms with Crippen molar-refractivity contribution in [1.82, 2.24) is 25.4 Å². The summed E-state index contributed by atoms with van der Waals surface area (Å²) >= 11 is 0. The number of urea groups is 1. The third-order valence-electron chi connectivity index (χ3n) is 5.72. The number of nitrogens with one attached hydrogen (secondary N) is 2. The molecule has 7 heteroatoms. The van der Waals surface area contributed by atoms with Crippen molar-refractivity contribution >= 4 is 6.03 Å². The minimum Gasteiger partial charge on any atom is -0.396 e. The highest BCUT2D eigenvalue weighted by molar-refractivity contribution is 5.74. The summed E-state index contributed by atoms with van der Waals surface area (Å²) in [6.07, 6.45) is 6.95. The second kappa shape index (κ2) is 5.53. The van der Waals surface area contributed by atoms with E-state index in [4.69, 9.17) is 0 Å². The molecule has 2 bridgehead atoms. The lowest BCUT2D eigenvalue weighted by molar-refractivity contribution is 0.143. The zero-order chi connectivity index (χ0) is 15.1. The van der Waals surface area contributed by atoms with Crippen molar-refractivity contribution in [1.29, 1.82) is 0 Å². The van der Waals surface area contributed by atoms with Gasteiger partial charge in [-0.15, -0.1) is 0 Å². The van der Waals surface area contributed by atoms with Crippen LogP contribution in [-0.2, 0) is 6.54 Å². The largest absolute Gasteiger partial charge is 0.396 e. The molecule has 120 valence electrons. The van der Waals surface area contributed by atoms with Crippen LogP contribution < -0.4 is 10.6 Å². The van der Waals surface area contributed by atoms with Crippen molar-refractivity contribution in [3.05, 3.63) is 12.2 Å². The molecule has 3 aliphatic rings. The maximum Gasteiger partial charge on any atom is 0.315 e. The van der Waals surface area contributed by atoms with Crippen LogP contribution in [0.2, 0.25) is 0 Å². The molecule has 0 aromatic carbocycles. The number of carbonyl (C=O) groups is 1. The second-order valence-corrected chi connectivity index (χ2v) is 6.86. The molecule has 7 nitrogen and oxygen atoms in total. The molecule has 5 unspecified atom stereocenters. The Bertz CT molecular complexity index is 560. The van der Waals surface area contributed by atoms with Crippen molar-refractivity contribution in [2.45, 2.75) is 50.7 Å². The minimum atomic E-state index is -0.141. The number of carbonyl (C=O) groups excluding carboxylic acids is 1. The molecule has 2 heterocycles. The fourth-order valence-electron chi connectivity index (χ4n) is 4.68. The fourth-order valence-corrected chi connectivity index (χ4v) is 4.68. The SMILES string of the molecule is O=C(NC1CCCn2ncnc21)NC1C2CCC(C2)C1CO. The lowest BCUT2D eigenvalue weighted by Gasteiger charge is -2.31. The predicted molar refractivity (Wildman–Crippen MR) is 78.9 cm³/mol. The first-order valence-corrected chi connectivity index (χ1v) is 8.32. The van der Waals surface area contributed by atoms with E-state index in [2.05, 4.69) is 20.7 Å². The predicted octanol–water partition coefficient (Wildman–Crippen LogP) is 0.819. The van der Waals surface area contributed by atoms with Crippen LogP contribution in [0.4, 0.5) is 4.79 Å². The number of aryl methyl sites for hydroxylation is 1. The minimum absolute atomic E-state index is 0.0672. The normalized spacial score (nSPS) is 36.1. The summed E-state index contributed by atoms with van der Waals surface area (Å²) in [6.45, 7) is 1.04. The van der Waals surface area contributed by atoms with Crippen molar-refractivity contribution in [2.75, 3.05) is 6.61 Å². The molecule has 0 radical (unpaired) electrons. The number of aliphatic hydroxyl groups is 1. The zero-order valence-corrected chi connectivity index (χ0v) is 12.6. The molecule has 1 aromatic rings. The van der Waals surface area contributed by atoms with Gasteiger partial charge < -0.3 is 15.7 Å². The van der Waals surface area contributed by atoms with Crippen molar-refractivity contribution in [3.8, 4) is 0 Å². The Morgan fingerprint density at radius 2 is 2.18 bits per heavy atom. The van der Waals surface area contributed by atoms with Gasteiger partial charge >= 0.3 is 6.03 Å². The highest BCUT2D eigenvalue weighted by Gasteiger charge is 2.47. The highest BCUT2D eigenvalue weighted by atomic mass is 16.3. The lowest BCUT2D eigenvalue weighted by Crippen LogP contribution is -2.50. The van der Waals surface area contributed by atoms with Crippen LogP contribution >= 0.6 is 0 Å². The topological polar surface area (TPSA) is 92.1 Å². The third-order valence-corrected chi connectivity index (χ3v) is 5.72. The number of nitrogens with zero attached hydrogens (tertiary/aromatic N) is 3. The Morgan fingerprint density at radius 1 is 1.32 bits per heavy atom. The molecule has 22 heavy (non-hydrogen) atoms. The van der Waals surface area contributed by atoms with Crippen LogP contribution in [-0.4, -0.2) is 38.6 Å². The molecule has 2 amide bonds. The number of hydrogen-bond donors (Lipinski definition) is 3. The first kappa shape index (κ1) is 14.0. The van der Waals surface area contributed by atoms with Crippen LogP contribution in [0, 0.1) is 17.8 Å². The van der Waals surface area contributed by atoms with Gasteiger partial charge in [0.05, 0.1) is 6.04 Å². The van der Waals surface area contributed by atoms with E-state index in [9.17, 15) is 9.90 Å². The van der Waals surface area contributed by atoms with Gasteiger partial charge in [0.25, 0.3) is 0 Å². The van der Waals surface area contributed by atoms with Crippen LogP contribution in [0.3, 0.4) is 0 Å². The third kappa shape index (κ3) is 2.27. The van der Waals surface area contributed by atoms with E-state index in [0.717, 1.165) is 31.6 Å². The molecule has 2 aliphatic carbocycles. The van der Waals surface area contributed by atoms with E-state index >= 15 is 0 Å². The summed E-state index contributed by atoms with van der Waals surface area (Å²) < 4.78 is 1.86. The maximum absolute atomic E-state index is 12.4. The van der Waals surface area contributed by atoms with Crippen LogP contribution in [0.15, 0.2) is 6.33 Å². The number of aromatic nitrogens is 3. The Hall–Kier alpha value is -1.63. The number of aliphatic hydroxyl groups excluding tert-OH is 1. The summed E-state index contributed by atoms with van der Waals surface area (Å²) in [4.78, 5) is 16.6. The van der Waals surface area contributed by atoms with Gasteiger partial charge in [0, 0.05) is 25.1 Å². The van der Waals surface area contributed by atoms with Gasteiger partial charge in [0.15, 0.2) is 0 Å². The van der Waals surface area contributed by atoms with Gasteiger partial charge in [0.2, 0.25) is 0 Å². The van der Waals surface area contributed by atoms with E-state index in [1.54, 1.807) is 6.33 Å². The first-order chi connectivity index (χ1) is 10.8. The average molecular weight is 305 g/mol. The van der Waals surface area contributed by atoms with E-state index in [0.29, 0.717) is 11.8 Å². The lowest BCUT2D eigenvalue weighted by atomic mass is 9.85. The van der Waals surface area contributed by atoms with Gasteiger partial charge in [-0.25, -0.2) is 14.5 Å². The molecule has 3 N–H and O–H groups in total. The summed E-state index contributed by atoms with van der Waals surface area (Å²) in [5.74, 6) is 2.17. The van der Waals surface area contributed by atoms with Crippen LogP contribution in [0.25, 0.3) is 0 Å². The molecular formula is C15H23N5O2. The van der Waals surface area contributed by atoms with E-state index < -0.39 is 0 Å². The Kier molecular flexibility index (Phi) is 3.52. The van der Waals surface area contributed by atoms with Crippen LogP contribution in [0.5, 0.6) is 0 Å². The number of fused-ring (bicyclic) bond motifs is 3. The van der Waals surface area contributed by atoms with Gasteiger partial charge in [-0.2, -0.15) is 5.10 Å². The molecule has 4 rings (SSSR count). The van der Waals surface area contributed by atoms with Gasteiger partial charge in [-0.1, -0.05) is 0 Å². The highest BCUT2D eigenvalue weighted by Crippen LogP contribution is 2.48.